The highest BCUT2D eigenvalue weighted by Crippen LogP contribution is 2.05. The molecule has 0 aliphatic rings. The molecule has 1 aromatic carbocycles. The van der Waals surface area contributed by atoms with Crippen LogP contribution in [0, 0.1) is 6.92 Å². The summed E-state index contributed by atoms with van der Waals surface area (Å²) in [4.78, 5) is 4.11. The molecule has 66 valence electrons. The van der Waals surface area contributed by atoms with Gasteiger partial charge in [-0.15, -0.1) is 0 Å². The molecule has 1 heterocycles. The van der Waals surface area contributed by atoms with Crippen molar-refractivity contribution in [1.82, 2.24) is 9.66 Å². The van der Waals surface area contributed by atoms with Crippen molar-refractivity contribution in [2.24, 2.45) is 0 Å². The van der Waals surface area contributed by atoms with Gasteiger partial charge in [0.2, 0.25) is 0 Å². The average molecular weight is 173 g/mol. The first-order chi connectivity index (χ1) is 6.34. The Morgan fingerprint density at radius 2 is 2.00 bits per heavy atom. The van der Waals surface area contributed by atoms with E-state index in [0.29, 0.717) is 0 Å². The molecule has 0 saturated carbocycles. The van der Waals surface area contributed by atoms with E-state index in [4.69, 9.17) is 0 Å². The van der Waals surface area contributed by atoms with Crippen molar-refractivity contribution in [2.75, 3.05) is 5.43 Å². The van der Waals surface area contributed by atoms with Crippen LogP contribution < -0.4 is 5.43 Å². The quantitative estimate of drug-likeness (QED) is 0.753. The molecule has 0 atom stereocenters. The Bertz CT molecular complexity index is 378. The number of hydrogen-bond donors (Lipinski definition) is 1. The number of rotatable bonds is 2. The third-order valence-corrected chi connectivity index (χ3v) is 1.74. The minimum absolute atomic E-state index is 1.00. The molecule has 3 heteroatoms. The van der Waals surface area contributed by atoms with E-state index in [9.17, 15) is 0 Å². The van der Waals surface area contributed by atoms with Crippen molar-refractivity contribution in [2.45, 2.75) is 6.92 Å². The minimum Gasteiger partial charge on any atom is -0.293 e. The largest absolute Gasteiger partial charge is 0.293 e. The van der Waals surface area contributed by atoms with Gasteiger partial charge in [0.05, 0.1) is 11.4 Å². The maximum Gasteiger partial charge on any atom is 0.115 e. The first-order valence-electron chi connectivity index (χ1n) is 4.17. The van der Waals surface area contributed by atoms with Crippen LogP contribution in [0.5, 0.6) is 0 Å². The number of aromatic nitrogens is 2. The molecule has 0 spiro atoms. The molecule has 2 rings (SSSR count). The normalized spacial score (nSPS) is 9.92. The second-order valence-electron chi connectivity index (χ2n) is 2.90. The number of imidazole rings is 1. The Balaban J connectivity index is 2.15. The molecule has 0 saturated heterocycles. The van der Waals surface area contributed by atoms with Gasteiger partial charge in [-0.3, -0.25) is 10.1 Å². The number of nitrogens with one attached hydrogen (secondary N) is 1. The molecule has 0 amide bonds. The summed E-state index contributed by atoms with van der Waals surface area (Å²) in [5.41, 5.74) is 5.24. The smallest absolute Gasteiger partial charge is 0.115 e. The Morgan fingerprint density at radius 1 is 1.23 bits per heavy atom. The Labute approximate surface area is 77.0 Å². The lowest BCUT2D eigenvalue weighted by molar-refractivity contribution is 0.955. The van der Waals surface area contributed by atoms with Crippen molar-refractivity contribution in [1.29, 1.82) is 0 Å². The van der Waals surface area contributed by atoms with Crippen LogP contribution in [0.15, 0.2) is 42.9 Å². The van der Waals surface area contributed by atoms with E-state index < -0.39 is 0 Å². The van der Waals surface area contributed by atoms with Gasteiger partial charge >= 0.3 is 0 Å². The molecule has 1 aromatic heterocycles. The second kappa shape index (κ2) is 3.31. The summed E-state index contributed by atoms with van der Waals surface area (Å²) in [5.74, 6) is 0. The van der Waals surface area contributed by atoms with E-state index in [1.807, 2.05) is 48.1 Å². The molecule has 0 aliphatic carbocycles. The highest BCUT2D eigenvalue weighted by Gasteiger charge is 1.92. The highest BCUT2D eigenvalue weighted by molar-refractivity contribution is 5.41. The molecule has 3 nitrogen and oxygen atoms in total. The van der Waals surface area contributed by atoms with Crippen LogP contribution in [-0.4, -0.2) is 9.66 Å². The molecule has 0 fully saturated rings. The van der Waals surface area contributed by atoms with Crippen molar-refractivity contribution < 1.29 is 0 Å². The third kappa shape index (κ3) is 1.87. The summed E-state index contributed by atoms with van der Waals surface area (Å²) in [6, 6.07) is 9.99. The van der Waals surface area contributed by atoms with Crippen LogP contribution >= 0.6 is 0 Å². The molecule has 2 aromatic rings. The summed E-state index contributed by atoms with van der Waals surface area (Å²) < 4.78 is 1.84. The predicted molar refractivity (Wildman–Crippen MR) is 52.4 cm³/mol. The zero-order valence-corrected chi connectivity index (χ0v) is 7.44. The molecule has 0 aliphatic heterocycles. The standard InChI is InChI=1S/C10H11N3/c1-9-7-13(8-11-9)12-10-5-3-2-4-6-10/h2-8,12H,1H3. The van der Waals surface area contributed by atoms with E-state index in [1.54, 1.807) is 6.33 Å². The van der Waals surface area contributed by atoms with Gasteiger partial charge in [0.15, 0.2) is 0 Å². The maximum absolute atomic E-state index is 4.11. The summed E-state index contributed by atoms with van der Waals surface area (Å²) in [6.07, 6.45) is 3.69. The number of para-hydroxylation sites is 1. The molecular weight excluding hydrogens is 162 g/mol. The maximum atomic E-state index is 4.11. The SMILES string of the molecule is Cc1cn(Nc2ccccc2)cn1. The predicted octanol–water partition coefficient (Wildman–Crippen LogP) is 2.07. The van der Waals surface area contributed by atoms with Crippen molar-refractivity contribution >= 4 is 5.69 Å². The van der Waals surface area contributed by atoms with Crippen LogP contribution in [0.2, 0.25) is 0 Å². The Kier molecular flexibility index (Phi) is 2.00. The van der Waals surface area contributed by atoms with E-state index in [1.165, 1.54) is 0 Å². The van der Waals surface area contributed by atoms with Gasteiger partial charge in [-0.25, -0.2) is 4.98 Å². The van der Waals surface area contributed by atoms with Gasteiger partial charge in [0, 0.05) is 6.20 Å². The summed E-state index contributed by atoms with van der Waals surface area (Å²) >= 11 is 0. The average Bonchev–Trinajstić information content (AvgIpc) is 2.53. The molecule has 13 heavy (non-hydrogen) atoms. The summed E-state index contributed by atoms with van der Waals surface area (Å²) in [5, 5.41) is 0. The first kappa shape index (κ1) is 7.86. The van der Waals surface area contributed by atoms with Gasteiger partial charge in [-0.05, 0) is 19.1 Å². The lowest BCUT2D eigenvalue weighted by atomic mass is 10.3. The van der Waals surface area contributed by atoms with E-state index in [0.717, 1.165) is 11.4 Å². The summed E-state index contributed by atoms with van der Waals surface area (Å²) in [7, 11) is 0. The van der Waals surface area contributed by atoms with Crippen LogP contribution in [0.3, 0.4) is 0 Å². The molecule has 0 unspecified atom stereocenters. The Morgan fingerprint density at radius 3 is 2.62 bits per heavy atom. The van der Waals surface area contributed by atoms with E-state index in [-0.39, 0.29) is 0 Å². The lowest BCUT2D eigenvalue weighted by Crippen LogP contribution is -2.05. The van der Waals surface area contributed by atoms with Gasteiger partial charge in [0.25, 0.3) is 0 Å². The summed E-state index contributed by atoms with van der Waals surface area (Å²) in [6.45, 7) is 1.96. The van der Waals surface area contributed by atoms with Gasteiger partial charge in [-0.2, -0.15) is 0 Å². The van der Waals surface area contributed by atoms with Crippen LogP contribution in [0.25, 0.3) is 0 Å². The number of hydrogen-bond acceptors (Lipinski definition) is 2. The van der Waals surface area contributed by atoms with Crippen LogP contribution in [0.1, 0.15) is 5.69 Å². The van der Waals surface area contributed by atoms with E-state index >= 15 is 0 Å². The lowest BCUT2D eigenvalue weighted by Gasteiger charge is -2.04. The fraction of sp³-hybridized carbons (Fsp3) is 0.100. The topological polar surface area (TPSA) is 29.9 Å². The van der Waals surface area contributed by atoms with Crippen molar-refractivity contribution in [3.05, 3.63) is 48.5 Å². The number of aryl methyl sites for hydroxylation is 1. The van der Waals surface area contributed by atoms with Crippen LogP contribution in [0.4, 0.5) is 5.69 Å². The first-order valence-corrected chi connectivity index (χ1v) is 4.17. The monoisotopic (exact) mass is 173 g/mol. The van der Waals surface area contributed by atoms with Gasteiger partial charge in [0.1, 0.15) is 6.33 Å². The molecule has 0 bridgehead atoms. The minimum atomic E-state index is 1.00. The number of benzene rings is 1. The van der Waals surface area contributed by atoms with E-state index in [2.05, 4.69) is 10.4 Å². The number of anilines is 1. The van der Waals surface area contributed by atoms with Gasteiger partial charge < -0.3 is 0 Å². The molecule has 0 radical (unpaired) electrons. The van der Waals surface area contributed by atoms with Crippen molar-refractivity contribution in [3.63, 3.8) is 0 Å². The Hall–Kier alpha value is -1.77. The molecule has 1 N–H and O–H groups in total. The van der Waals surface area contributed by atoms with Gasteiger partial charge in [-0.1, -0.05) is 18.2 Å². The number of nitrogens with zero attached hydrogens (tertiary/aromatic N) is 2. The molecular formula is C10H11N3. The zero-order chi connectivity index (χ0) is 9.10. The second-order valence-corrected chi connectivity index (χ2v) is 2.90. The van der Waals surface area contributed by atoms with Crippen molar-refractivity contribution in [3.8, 4) is 0 Å². The third-order valence-electron chi connectivity index (χ3n) is 1.74. The fourth-order valence-corrected chi connectivity index (χ4v) is 1.14. The highest BCUT2D eigenvalue weighted by atomic mass is 15.4. The zero-order valence-electron chi connectivity index (χ0n) is 7.44. The van der Waals surface area contributed by atoms with Crippen LogP contribution in [-0.2, 0) is 0 Å². The fourth-order valence-electron chi connectivity index (χ4n) is 1.14.